The molecule has 144 valence electrons. The lowest BCUT2D eigenvalue weighted by molar-refractivity contribution is -0.137. The molecule has 3 aromatic rings. The zero-order chi connectivity index (χ0) is 19.7. The standard InChI is InChI=1S/C19H15ClF3N5/c20-15-2-1-8-24-18(15)28-9-7-16-14(10-28)17(26-11-25-16)27-13-5-3-12(4-6-13)19(21,22)23/h1-6,8,11H,7,9-10H2,(H,25,26,27). The fourth-order valence-corrected chi connectivity index (χ4v) is 3.36. The zero-order valence-corrected chi connectivity index (χ0v) is 15.3. The first-order valence-electron chi connectivity index (χ1n) is 8.54. The van der Waals surface area contributed by atoms with E-state index in [4.69, 9.17) is 11.6 Å². The van der Waals surface area contributed by atoms with Gasteiger partial charge in [0.05, 0.1) is 16.3 Å². The molecule has 3 heterocycles. The van der Waals surface area contributed by atoms with Crippen LogP contribution in [0.5, 0.6) is 0 Å². The van der Waals surface area contributed by atoms with Gasteiger partial charge in [0.1, 0.15) is 18.0 Å². The Kier molecular flexibility index (Phi) is 4.80. The molecule has 28 heavy (non-hydrogen) atoms. The van der Waals surface area contributed by atoms with Gasteiger partial charge in [0.15, 0.2) is 0 Å². The minimum atomic E-state index is -4.37. The highest BCUT2D eigenvalue weighted by Gasteiger charge is 2.30. The van der Waals surface area contributed by atoms with Gasteiger partial charge >= 0.3 is 6.18 Å². The summed E-state index contributed by atoms with van der Waals surface area (Å²) in [4.78, 5) is 15.0. The molecule has 0 atom stereocenters. The molecule has 0 bridgehead atoms. The molecule has 9 heteroatoms. The van der Waals surface area contributed by atoms with Crippen molar-refractivity contribution in [1.82, 2.24) is 15.0 Å². The molecule has 0 unspecified atom stereocenters. The number of anilines is 3. The first-order valence-corrected chi connectivity index (χ1v) is 8.92. The number of nitrogens with one attached hydrogen (secondary N) is 1. The molecule has 0 saturated carbocycles. The van der Waals surface area contributed by atoms with Crippen molar-refractivity contribution >= 4 is 28.9 Å². The van der Waals surface area contributed by atoms with Crippen molar-refractivity contribution in [3.8, 4) is 0 Å². The summed E-state index contributed by atoms with van der Waals surface area (Å²) in [6.45, 7) is 1.20. The SMILES string of the molecule is FC(F)(F)c1ccc(Nc2ncnc3c2CN(c2ncccc2Cl)CC3)cc1. The molecule has 2 aromatic heterocycles. The molecule has 0 amide bonds. The van der Waals surface area contributed by atoms with Gasteiger partial charge in [0.25, 0.3) is 0 Å². The molecule has 1 aliphatic heterocycles. The van der Waals surface area contributed by atoms with Gasteiger partial charge in [0.2, 0.25) is 0 Å². The Morgan fingerprint density at radius 1 is 1.04 bits per heavy atom. The maximum atomic E-state index is 12.7. The summed E-state index contributed by atoms with van der Waals surface area (Å²) in [6.07, 6.45) is -0.546. The van der Waals surface area contributed by atoms with Crippen molar-refractivity contribution in [2.75, 3.05) is 16.8 Å². The van der Waals surface area contributed by atoms with Crippen molar-refractivity contribution in [2.24, 2.45) is 0 Å². The van der Waals surface area contributed by atoms with Crippen LogP contribution < -0.4 is 10.2 Å². The number of alkyl halides is 3. The highest BCUT2D eigenvalue weighted by Crippen LogP contribution is 2.32. The normalized spacial score (nSPS) is 13.9. The lowest BCUT2D eigenvalue weighted by Crippen LogP contribution is -2.32. The zero-order valence-electron chi connectivity index (χ0n) is 14.5. The van der Waals surface area contributed by atoms with E-state index in [-0.39, 0.29) is 0 Å². The van der Waals surface area contributed by atoms with E-state index in [1.165, 1.54) is 18.5 Å². The minimum Gasteiger partial charge on any atom is -0.350 e. The summed E-state index contributed by atoms with van der Waals surface area (Å²) in [5, 5.41) is 3.65. The van der Waals surface area contributed by atoms with Crippen molar-refractivity contribution in [3.63, 3.8) is 0 Å². The van der Waals surface area contributed by atoms with Crippen LogP contribution in [-0.4, -0.2) is 21.5 Å². The maximum absolute atomic E-state index is 12.7. The fourth-order valence-electron chi connectivity index (χ4n) is 3.12. The van der Waals surface area contributed by atoms with Gasteiger partial charge in [-0.15, -0.1) is 0 Å². The van der Waals surface area contributed by atoms with Crippen molar-refractivity contribution in [3.05, 3.63) is 70.8 Å². The number of nitrogens with zero attached hydrogens (tertiary/aromatic N) is 4. The van der Waals surface area contributed by atoms with Crippen LogP contribution in [0.3, 0.4) is 0 Å². The molecule has 0 fully saturated rings. The summed E-state index contributed by atoms with van der Waals surface area (Å²) in [7, 11) is 0. The number of aromatic nitrogens is 3. The fraction of sp³-hybridized carbons (Fsp3) is 0.211. The Labute approximate surface area is 164 Å². The first kappa shape index (κ1) is 18.5. The van der Waals surface area contributed by atoms with E-state index in [9.17, 15) is 13.2 Å². The summed E-state index contributed by atoms with van der Waals surface area (Å²) in [5.74, 6) is 1.24. The van der Waals surface area contributed by atoms with E-state index in [2.05, 4.69) is 20.3 Å². The van der Waals surface area contributed by atoms with Gasteiger partial charge in [-0.05, 0) is 36.4 Å². The monoisotopic (exact) mass is 405 g/mol. The predicted octanol–water partition coefficient (Wildman–Crippen LogP) is 4.85. The summed E-state index contributed by atoms with van der Waals surface area (Å²) >= 11 is 6.26. The number of halogens is 4. The molecular weight excluding hydrogens is 391 g/mol. The quantitative estimate of drug-likeness (QED) is 0.675. The van der Waals surface area contributed by atoms with Crippen LogP contribution in [0, 0.1) is 0 Å². The van der Waals surface area contributed by atoms with E-state index >= 15 is 0 Å². The van der Waals surface area contributed by atoms with Crippen LogP contribution >= 0.6 is 11.6 Å². The average Bonchev–Trinajstić information content (AvgIpc) is 2.68. The smallest absolute Gasteiger partial charge is 0.350 e. The van der Waals surface area contributed by atoms with Gasteiger partial charge in [-0.2, -0.15) is 13.2 Å². The van der Waals surface area contributed by atoms with Crippen LogP contribution in [0.1, 0.15) is 16.8 Å². The molecule has 1 aromatic carbocycles. The molecule has 0 aliphatic carbocycles. The molecule has 0 saturated heterocycles. The third-order valence-corrected chi connectivity index (χ3v) is 4.81. The van der Waals surface area contributed by atoms with E-state index < -0.39 is 11.7 Å². The topological polar surface area (TPSA) is 53.9 Å². The first-order chi connectivity index (χ1) is 13.4. The van der Waals surface area contributed by atoms with Gasteiger partial charge in [-0.3, -0.25) is 0 Å². The highest BCUT2D eigenvalue weighted by molar-refractivity contribution is 6.32. The second-order valence-corrected chi connectivity index (χ2v) is 6.74. The van der Waals surface area contributed by atoms with E-state index in [0.29, 0.717) is 41.9 Å². The van der Waals surface area contributed by atoms with Crippen LogP contribution in [-0.2, 0) is 19.1 Å². The molecule has 4 rings (SSSR count). The van der Waals surface area contributed by atoms with Crippen LogP contribution in [0.15, 0.2) is 48.9 Å². The number of rotatable bonds is 3. The Balaban J connectivity index is 1.60. The number of benzene rings is 1. The minimum absolute atomic E-state index is 0.496. The van der Waals surface area contributed by atoms with Crippen molar-refractivity contribution < 1.29 is 13.2 Å². The van der Waals surface area contributed by atoms with E-state index in [0.717, 1.165) is 23.4 Å². The lowest BCUT2D eigenvalue weighted by atomic mass is 10.1. The summed E-state index contributed by atoms with van der Waals surface area (Å²) in [6, 6.07) is 8.39. The van der Waals surface area contributed by atoms with Gasteiger partial charge < -0.3 is 10.2 Å². The molecule has 1 aliphatic rings. The molecule has 1 N–H and O–H groups in total. The van der Waals surface area contributed by atoms with E-state index in [1.54, 1.807) is 18.3 Å². The summed E-state index contributed by atoms with van der Waals surface area (Å²) < 4.78 is 38.2. The third kappa shape index (κ3) is 3.73. The number of fused-ring (bicyclic) bond motifs is 1. The second-order valence-electron chi connectivity index (χ2n) is 6.33. The number of hydrogen-bond acceptors (Lipinski definition) is 5. The highest BCUT2D eigenvalue weighted by atomic mass is 35.5. The molecule has 0 radical (unpaired) electrons. The lowest BCUT2D eigenvalue weighted by Gasteiger charge is -2.30. The Hall–Kier alpha value is -2.87. The van der Waals surface area contributed by atoms with Crippen LogP contribution in [0.2, 0.25) is 5.02 Å². The van der Waals surface area contributed by atoms with Crippen LogP contribution in [0.25, 0.3) is 0 Å². The maximum Gasteiger partial charge on any atom is 0.416 e. The average molecular weight is 406 g/mol. The molecule has 0 spiro atoms. The Morgan fingerprint density at radius 3 is 2.54 bits per heavy atom. The van der Waals surface area contributed by atoms with Crippen molar-refractivity contribution in [1.29, 1.82) is 0 Å². The molecular formula is C19H15ClF3N5. The third-order valence-electron chi connectivity index (χ3n) is 4.52. The van der Waals surface area contributed by atoms with Crippen LogP contribution in [0.4, 0.5) is 30.5 Å². The van der Waals surface area contributed by atoms with Gasteiger partial charge in [-0.25, -0.2) is 15.0 Å². The number of pyridine rings is 1. The Bertz CT molecular complexity index is 992. The van der Waals surface area contributed by atoms with Crippen molar-refractivity contribution in [2.45, 2.75) is 19.1 Å². The predicted molar refractivity (Wildman–Crippen MR) is 101 cm³/mol. The number of hydrogen-bond donors (Lipinski definition) is 1. The van der Waals surface area contributed by atoms with Gasteiger partial charge in [-0.1, -0.05) is 11.6 Å². The van der Waals surface area contributed by atoms with Gasteiger partial charge in [0, 0.05) is 37.0 Å². The Morgan fingerprint density at radius 2 is 1.82 bits per heavy atom. The van der Waals surface area contributed by atoms with E-state index in [1.807, 2.05) is 4.90 Å². The summed E-state index contributed by atoms with van der Waals surface area (Å²) in [5.41, 5.74) is 1.59. The molecule has 5 nitrogen and oxygen atoms in total. The second kappa shape index (κ2) is 7.27. The largest absolute Gasteiger partial charge is 0.416 e.